The van der Waals surface area contributed by atoms with Crippen LogP contribution in [0.5, 0.6) is 0 Å². The molecule has 3 aliphatic heterocycles. The second kappa shape index (κ2) is 6.72. The monoisotopic (exact) mass is 427 g/mol. The van der Waals surface area contributed by atoms with Crippen LogP contribution in [-0.4, -0.2) is 69.7 Å². The summed E-state index contributed by atoms with van der Waals surface area (Å²) in [6.45, 7) is 0.200. The minimum atomic E-state index is -3.54. The Kier molecular flexibility index (Phi) is 5.18. The first-order valence-corrected chi connectivity index (χ1v) is 10.7. The van der Waals surface area contributed by atoms with Crippen LogP contribution < -0.4 is 35.3 Å². The van der Waals surface area contributed by atoms with Gasteiger partial charge in [0.05, 0.1) is 12.3 Å². The van der Waals surface area contributed by atoms with Gasteiger partial charge in [0.15, 0.2) is 4.34 Å². The molecular formula is C12H14N5NaO5S3. The average Bonchev–Trinajstić information content (AvgIpc) is 3.07. The van der Waals surface area contributed by atoms with Gasteiger partial charge in [-0.2, -0.15) is 4.31 Å². The van der Waals surface area contributed by atoms with E-state index in [9.17, 15) is 23.1 Å². The Morgan fingerprint density at radius 1 is 1.46 bits per heavy atom. The number of carbonyl (C=O) groups is 2. The summed E-state index contributed by atoms with van der Waals surface area (Å²) >= 11 is 2.23. The van der Waals surface area contributed by atoms with Gasteiger partial charge in [-0.05, 0) is 6.42 Å². The van der Waals surface area contributed by atoms with E-state index in [1.165, 1.54) is 9.21 Å². The van der Waals surface area contributed by atoms with E-state index in [-0.39, 0.29) is 54.3 Å². The number of aromatic nitrogens is 2. The Balaban J connectivity index is 0.00000131. The third kappa shape index (κ3) is 2.99. The maximum absolute atomic E-state index is 12.5. The number of nitrogen functional groups attached to an aromatic ring is 1. The molecule has 1 aromatic heterocycles. The number of anilines is 1. The van der Waals surface area contributed by atoms with E-state index in [1.54, 1.807) is 0 Å². The third-order valence-electron chi connectivity index (χ3n) is 4.53. The van der Waals surface area contributed by atoms with Crippen molar-refractivity contribution in [1.82, 2.24) is 19.4 Å². The number of amides is 1. The second-order valence-corrected chi connectivity index (χ2v) is 10.3. The number of β-lactam (4-membered cyclic amide) rings is 1. The molecule has 2 saturated heterocycles. The number of carboxylic acid groups (broad SMARTS) is 1. The van der Waals surface area contributed by atoms with Crippen molar-refractivity contribution in [2.75, 3.05) is 18.5 Å². The molecule has 1 amide bonds. The number of allylic oxidation sites excluding steroid dienone is 1. The first-order chi connectivity index (χ1) is 11.7. The van der Waals surface area contributed by atoms with Crippen molar-refractivity contribution in [1.29, 1.82) is 0 Å². The number of sulfonamides is 1. The van der Waals surface area contributed by atoms with Crippen LogP contribution in [0.15, 0.2) is 14.9 Å². The SMILES string of the molecule is CS(=O)(=O)N1C[C@H]2CC(Sc3nnc(N)s3)=C(C(=O)O)N3C(=O)[C@@H]1[C@@H]23.[H-].[Na+]. The summed E-state index contributed by atoms with van der Waals surface area (Å²) in [6.07, 6.45) is 1.42. The molecule has 4 rings (SSSR count). The van der Waals surface area contributed by atoms with E-state index < -0.39 is 34.0 Å². The maximum atomic E-state index is 12.5. The van der Waals surface area contributed by atoms with Crippen LogP contribution in [0.1, 0.15) is 7.85 Å². The number of rotatable bonds is 4. The number of hydrogen-bond acceptors (Lipinski definition) is 9. The molecule has 0 spiro atoms. The van der Waals surface area contributed by atoms with Crippen LogP contribution in [0.25, 0.3) is 0 Å². The normalized spacial score (nSPS) is 27.8. The first kappa shape index (κ1) is 20.0. The second-order valence-electron chi connectivity index (χ2n) is 6.03. The molecule has 4 heterocycles. The molecule has 26 heavy (non-hydrogen) atoms. The van der Waals surface area contributed by atoms with Gasteiger partial charge >= 0.3 is 35.5 Å². The summed E-state index contributed by atoms with van der Waals surface area (Å²) in [5.41, 5.74) is 5.45. The van der Waals surface area contributed by atoms with Crippen molar-refractivity contribution in [3.8, 4) is 0 Å². The van der Waals surface area contributed by atoms with Gasteiger partial charge in [0.1, 0.15) is 11.7 Å². The van der Waals surface area contributed by atoms with Crippen LogP contribution in [-0.2, 0) is 19.6 Å². The molecule has 0 unspecified atom stereocenters. The summed E-state index contributed by atoms with van der Waals surface area (Å²) in [6, 6.07) is -1.21. The maximum Gasteiger partial charge on any atom is 1.00 e. The predicted octanol–water partition coefficient (Wildman–Crippen LogP) is -3.50. The molecule has 3 aliphatic rings. The van der Waals surface area contributed by atoms with Gasteiger partial charge in [0.2, 0.25) is 21.1 Å². The Hall–Kier alpha value is -0.700. The number of thioether (sulfide) groups is 1. The summed E-state index contributed by atoms with van der Waals surface area (Å²) in [5.74, 6) is -1.86. The molecule has 0 aromatic carbocycles. The van der Waals surface area contributed by atoms with Crippen LogP contribution in [0.4, 0.5) is 5.13 Å². The quantitative estimate of drug-likeness (QED) is 0.369. The summed E-state index contributed by atoms with van der Waals surface area (Å²) < 4.78 is 25.5. The number of carbonyl (C=O) groups excluding carboxylic acids is 1. The molecule has 0 saturated carbocycles. The van der Waals surface area contributed by atoms with Crippen LogP contribution >= 0.6 is 23.1 Å². The Morgan fingerprint density at radius 2 is 2.15 bits per heavy atom. The smallest absolute Gasteiger partial charge is 1.00 e. The number of hydrogen-bond donors (Lipinski definition) is 2. The third-order valence-corrected chi connectivity index (χ3v) is 7.67. The van der Waals surface area contributed by atoms with Crippen LogP contribution in [0, 0.1) is 5.92 Å². The van der Waals surface area contributed by atoms with Crippen molar-refractivity contribution in [2.45, 2.75) is 22.8 Å². The number of aliphatic carboxylic acids is 1. The van der Waals surface area contributed by atoms with Gasteiger partial charge in [0, 0.05) is 17.4 Å². The van der Waals surface area contributed by atoms with E-state index >= 15 is 0 Å². The molecule has 136 valence electrons. The predicted molar refractivity (Wildman–Crippen MR) is 90.0 cm³/mol. The Labute approximate surface area is 180 Å². The fourth-order valence-corrected chi connectivity index (χ4v) is 6.67. The van der Waals surface area contributed by atoms with Crippen molar-refractivity contribution in [2.24, 2.45) is 5.92 Å². The minimum Gasteiger partial charge on any atom is -1.00 e. The molecule has 2 fully saturated rings. The standard InChI is InChI=1S/C12H13N5O5S3.Na.H/c1-25(21,22)16-3-4-2-5(23-12-15-14-11(13)24-12)7(10(19)20)17-6(4)8(16)9(17)18;;/h4,6,8H,2-3H2,1H3,(H2,13,14)(H,19,20);;/q;+1;-1/t4-,6-,8+;;/m1../s1. The molecule has 10 nitrogen and oxygen atoms in total. The van der Waals surface area contributed by atoms with Gasteiger partial charge in [-0.25, -0.2) is 13.2 Å². The Bertz CT molecular complexity index is 938. The van der Waals surface area contributed by atoms with E-state index in [1.807, 2.05) is 0 Å². The molecule has 3 N–H and O–H groups in total. The summed E-state index contributed by atoms with van der Waals surface area (Å²) in [5, 5.41) is 17.4. The van der Waals surface area contributed by atoms with Crippen molar-refractivity contribution in [3.63, 3.8) is 0 Å². The average molecular weight is 427 g/mol. The van der Waals surface area contributed by atoms with Gasteiger partial charge < -0.3 is 12.3 Å². The van der Waals surface area contributed by atoms with Crippen molar-refractivity contribution >= 4 is 50.1 Å². The molecule has 14 heteroatoms. The molecule has 3 atom stereocenters. The zero-order valence-electron chi connectivity index (χ0n) is 14.8. The first-order valence-electron chi connectivity index (χ1n) is 7.21. The van der Waals surface area contributed by atoms with Gasteiger partial charge in [-0.15, -0.1) is 10.2 Å². The fraction of sp³-hybridized carbons (Fsp3) is 0.500. The molecular weight excluding hydrogens is 413 g/mol. The summed E-state index contributed by atoms with van der Waals surface area (Å²) in [7, 11) is -3.54. The van der Waals surface area contributed by atoms with E-state index in [2.05, 4.69) is 10.2 Å². The minimum absolute atomic E-state index is 0. The number of carboxylic acids is 1. The van der Waals surface area contributed by atoms with Crippen molar-refractivity contribution in [3.05, 3.63) is 10.6 Å². The number of nitrogens with zero attached hydrogens (tertiary/aromatic N) is 4. The van der Waals surface area contributed by atoms with E-state index in [4.69, 9.17) is 5.73 Å². The molecule has 1 aromatic rings. The fourth-order valence-electron chi connectivity index (χ4n) is 3.64. The van der Waals surface area contributed by atoms with Crippen molar-refractivity contribution < 1.29 is 54.1 Å². The summed E-state index contributed by atoms with van der Waals surface area (Å²) in [4.78, 5) is 25.9. The van der Waals surface area contributed by atoms with E-state index in [0.717, 1.165) is 29.4 Å². The van der Waals surface area contributed by atoms with Crippen LogP contribution in [0.2, 0.25) is 0 Å². The molecule has 0 bridgehead atoms. The van der Waals surface area contributed by atoms with Gasteiger partial charge in [-0.1, -0.05) is 23.1 Å². The Morgan fingerprint density at radius 3 is 2.69 bits per heavy atom. The molecule has 0 radical (unpaired) electrons. The zero-order chi connectivity index (χ0) is 18.1. The topological polar surface area (TPSA) is 147 Å². The zero-order valence-corrected chi connectivity index (χ0v) is 18.3. The molecule has 0 aliphatic carbocycles. The largest absolute Gasteiger partial charge is 1.00 e. The van der Waals surface area contributed by atoms with Gasteiger partial charge in [-0.3, -0.25) is 9.69 Å². The number of nitrogens with two attached hydrogens (primary N) is 1. The van der Waals surface area contributed by atoms with Gasteiger partial charge in [0.25, 0.3) is 0 Å². The van der Waals surface area contributed by atoms with E-state index in [0.29, 0.717) is 15.7 Å². The van der Waals surface area contributed by atoms with Crippen LogP contribution in [0.3, 0.4) is 0 Å².